The molecule has 0 aliphatic carbocycles. The monoisotopic (exact) mass is 531 g/mol. The van der Waals surface area contributed by atoms with E-state index in [1.165, 1.54) is 0 Å². The molecule has 1 aliphatic rings. The third kappa shape index (κ3) is 4.95. The van der Waals surface area contributed by atoms with Gasteiger partial charge in [0.15, 0.2) is 0 Å². The Kier molecular flexibility index (Phi) is 6.58. The lowest BCUT2D eigenvalue weighted by molar-refractivity contribution is -0.140. The van der Waals surface area contributed by atoms with Gasteiger partial charge < -0.3 is 14.8 Å². The van der Waals surface area contributed by atoms with Gasteiger partial charge in [-0.2, -0.15) is 4.68 Å². The quantitative estimate of drug-likeness (QED) is 0.333. The van der Waals surface area contributed by atoms with Gasteiger partial charge in [-0.1, -0.05) is 81.7 Å². The fourth-order valence-corrected chi connectivity index (χ4v) is 4.34. The summed E-state index contributed by atoms with van der Waals surface area (Å²) in [5.41, 5.74) is 3.69. The zero-order chi connectivity index (χ0) is 24.2. The average molecular weight is 532 g/mol. The predicted octanol–water partition coefficient (Wildman–Crippen LogP) is 5.05. The molecule has 35 heavy (non-hydrogen) atoms. The molecule has 3 aromatic carbocycles. The van der Waals surface area contributed by atoms with Crippen molar-refractivity contribution in [3.05, 3.63) is 111 Å². The molecule has 1 aliphatic heterocycles. The normalized spacial score (nSPS) is 14.7. The molecule has 0 amide bonds. The number of esters is 1. The fourth-order valence-electron chi connectivity index (χ4n) is 3.96. The first-order valence-corrected chi connectivity index (χ1v) is 11.8. The molecule has 0 saturated carbocycles. The Morgan fingerprint density at radius 1 is 1.00 bits per heavy atom. The maximum Gasteiger partial charge on any atom is 0.338 e. The molecule has 176 valence electrons. The van der Waals surface area contributed by atoms with E-state index >= 15 is 0 Å². The topological polar surface area (TPSA) is 91.2 Å². The number of tetrazole rings is 1. The van der Waals surface area contributed by atoms with Gasteiger partial charge in [-0.3, -0.25) is 0 Å². The van der Waals surface area contributed by atoms with Gasteiger partial charge in [-0.15, -0.1) is 0 Å². The number of fused-ring (bicyclic) bond motifs is 1. The number of carbonyl (C=O) groups is 1. The molecule has 1 unspecified atom stereocenters. The van der Waals surface area contributed by atoms with Gasteiger partial charge in [0.1, 0.15) is 25.0 Å². The summed E-state index contributed by atoms with van der Waals surface area (Å²) in [4.78, 5) is 13.4. The van der Waals surface area contributed by atoms with Crippen molar-refractivity contribution in [3.8, 4) is 5.75 Å². The van der Waals surface area contributed by atoms with E-state index in [1.54, 1.807) is 4.68 Å². The number of anilines is 1. The second-order valence-electron chi connectivity index (χ2n) is 8.03. The van der Waals surface area contributed by atoms with Crippen LogP contribution in [0.5, 0.6) is 5.75 Å². The van der Waals surface area contributed by atoms with Crippen molar-refractivity contribution >= 4 is 27.8 Å². The minimum absolute atomic E-state index is 0.154. The smallest absolute Gasteiger partial charge is 0.338 e. The Hall–Kier alpha value is -3.98. The van der Waals surface area contributed by atoms with E-state index in [1.807, 2.05) is 85.8 Å². The first kappa shape index (κ1) is 22.8. The van der Waals surface area contributed by atoms with Gasteiger partial charge in [-0.25, -0.2) is 4.79 Å². The average Bonchev–Trinajstić information content (AvgIpc) is 3.35. The molecule has 0 fully saturated rings. The number of carbonyl (C=O) groups excluding carboxylic acids is 1. The van der Waals surface area contributed by atoms with Crippen LogP contribution in [0.2, 0.25) is 0 Å². The van der Waals surface area contributed by atoms with Crippen molar-refractivity contribution in [1.82, 2.24) is 20.2 Å². The molecule has 0 spiro atoms. The third-order valence-corrected chi connectivity index (χ3v) is 6.14. The van der Waals surface area contributed by atoms with Crippen molar-refractivity contribution in [2.75, 3.05) is 5.32 Å². The number of ether oxygens (including phenoxy) is 2. The van der Waals surface area contributed by atoms with Crippen LogP contribution >= 0.6 is 15.9 Å². The summed E-state index contributed by atoms with van der Waals surface area (Å²) in [6, 6.07) is 24.5. The zero-order valence-electron chi connectivity index (χ0n) is 18.9. The van der Waals surface area contributed by atoms with Crippen molar-refractivity contribution < 1.29 is 14.3 Å². The first-order chi connectivity index (χ1) is 17.1. The van der Waals surface area contributed by atoms with Crippen LogP contribution in [-0.2, 0) is 22.7 Å². The molecular formula is C26H22BrN5O3. The number of nitrogens with one attached hydrogen (secondary N) is 1. The van der Waals surface area contributed by atoms with E-state index in [0.717, 1.165) is 21.2 Å². The summed E-state index contributed by atoms with van der Waals surface area (Å²) >= 11 is 3.56. The predicted molar refractivity (Wildman–Crippen MR) is 133 cm³/mol. The summed E-state index contributed by atoms with van der Waals surface area (Å²) < 4.78 is 14.3. The van der Waals surface area contributed by atoms with Gasteiger partial charge in [0.25, 0.3) is 0 Å². The Bertz CT molecular complexity index is 1370. The van der Waals surface area contributed by atoms with Gasteiger partial charge in [0.2, 0.25) is 5.95 Å². The van der Waals surface area contributed by atoms with E-state index < -0.39 is 12.0 Å². The number of nitrogens with zero attached hydrogens (tertiary/aromatic N) is 4. The summed E-state index contributed by atoms with van der Waals surface area (Å²) in [7, 11) is 0. The van der Waals surface area contributed by atoms with Gasteiger partial charge in [0, 0.05) is 15.7 Å². The molecule has 1 aromatic heterocycles. The lowest BCUT2D eigenvalue weighted by Crippen LogP contribution is -2.30. The molecule has 8 nitrogen and oxygen atoms in total. The van der Waals surface area contributed by atoms with Gasteiger partial charge in [0.05, 0.1) is 5.57 Å². The lowest BCUT2D eigenvalue weighted by Gasteiger charge is -2.28. The highest BCUT2D eigenvalue weighted by atomic mass is 79.9. The Morgan fingerprint density at radius 3 is 2.40 bits per heavy atom. The Balaban J connectivity index is 1.51. The van der Waals surface area contributed by atoms with Crippen LogP contribution in [0.15, 0.2) is 94.6 Å². The van der Waals surface area contributed by atoms with E-state index in [0.29, 0.717) is 29.6 Å². The summed E-state index contributed by atoms with van der Waals surface area (Å²) in [6.07, 6.45) is 0. The molecule has 4 aromatic rings. The first-order valence-electron chi connectivity index (χ1n) is 11.0. The largest absolute Gasteiger partial charge is 0.489 e. The number of halogens is 1. The molecule has 9 heteroatoms. The van der Waals surface area contributed by atoms with Crippen molar-refractivity contribution in [1.29, 1.82) is 0 Å². The SMILES string of the molecule is CC1=C(C(=O)OCc2ccccc2)C(c2cc(Br)ccc2OCc2ccccc2)n2nnnc2N1. The van der Waals surface area contributed by atoms with Crippen LogP contribution in [0.1, 0.15) is 29.7 Å². The molecule has 1 N–H and O–H groups in total. The van der Waals surface area contributed by atoms with E-state index in [4.69, 9.17) is 9.47 Å². The minimum Gasteiger partial charge on any atom is -0.489 e. The number of aromatic nitrogens is 4. The number of hydrogen-bond donors (Lipinski definition) is 1. The maximum atomic E-state index is 13.4. The molecule has 0 saturated heterocycles. The summed E-state index contributed by atoms with van der Waals surface area (Å²) in [5, 5.41) is 15.2. The van der Waals surface area contributed by atoms with Gasteiger partial charge >= 0.3 is 5.97 Å². The van der Waals surface area contributed by atoms with E-state index in [9.17, 15) is 4.79 Å². The Morgan fingerprint density at radius 2 is 1.69 bits per heavy atom. The van der Waals surface area contributed by atoms with Crippen LogP contribution in [-0.4, -0.2) is 26.2 Å². The molecule has 0 bridgehead atoms. The highest BCUT2D eigenvalue weighted by Crippen LogP contribution is 2.40. The molecule has 0 radical (unpaired) electrons. The Labute approximate surface area is 210 Å². The number of allylic oxidation sites excluding steroid dienone is 1. The minimum atomic E-state index is -0.646. The number of benzene rings is 3. The van der Waals surface area contributed by atoms with Crippen LogP contribution in [0.3, 0.4) is 0 Å². The van der Waals surface area contributed by atoms with Crippen molar-refractivity contribution in [2.45, 2.75) is 26.2 Å². The van der Waals surface area contributed by atoms with Gasteiger partial charge in [-0.05, 0) is 46.7 Å². The second-order valence-corrected chi connectivity index (χ2v) is 8.95. The third-order valence-electron chi connectivity index (χ3n) is 5.65. The fraction of sp³-hybridized carbons (Fsp3) is 0.154. The van der Waals surface area contributed by atoms with E-state index in [2.05, 4.69) is 36.8 Å². The number of rotatable bonds is 7. The van der Waals surface area contributed by atoms with Crippen molar-refractivity contribution in [3.63, 3.8) is 0 Å². The van der Waals surface area contributed by atoms with E-state index in [-0.39, 0.29) is 6.61 Å². The zero-order valence-corrected chi connectivity index (χ0v) is 20.5. The highest BCUT2D eigenvalue weighted by molar-refractivity contribution is 9.10. The lowest BCUT2D eigenvalue weighted by atomic mass is 9.95. The molecule has 2 heterocycles. The van der Waals surface area contributed by atoms with Crippen LogP contribution in [0, 0.1) is 0 Å². The second kappa shape index (κ2) is 10.1. The molecular weight excluding hydrogens is 510 g/mol. The maximum absolute atomic E-state index is 13.4. The van der Waals surface area contributed by atoms with Crippen molar-refractivity contribution in [2.24, 2.45) is 0 Å². The van der Waals surface area contributed by atoms with Crippen LogP contribution in [0.4, 0.5) is 5.95 Å². The molecule has 5 rings (SSSR count). The highest BCUT2D eigenvalue weighted by Gasteiger charge is 2.36. The standard InChI is InChI=1S/C26H22BrN5O3/c1-17-23(25(33)35-16-19-10-6-3-7-11-19)24(32-26(28-17)29-30-31-32)21-14-20(27)12-13-22(21)34-15-18-8-4-2-5-9-18/h2-14,24H,15-16H2,1H3,(H,28,29,31). The van der Waals surface area contributed by atoms with Crippen LogP contribution in [0.25, 0.3) is 0 Å². The summed E-state index contributed by atoms with van der Waals surface area (Å²) in [6.45, 7) is 2.34. The number of hydrogen-bond acceptors (Lipinski definition) is 7. The van der Waals surface area contributed by atoms with Crippen LogP contribution < -0.4 is 10.1 Å². The summed E-state index contributed by atoms with van der Waals surface area (Å²) in [5.74, 6) is 0.589. The molecule has 1 atom stereocenters.